The summed E-state index contributed by atoms with van der Waals surface area (Å²) >= 11 is 0. The van der Waals surface area contributed by atoms with Crippen molar-refractivity contribution in [2.24, 2.45) is 0 Å². The van der Waals surface area contributed by atoms with Crippen molar-refractivity contribution in [2.75, 3.05) is 12.8 Å². The summed E-state index contributed by atoms with van der Waals surface area (Å²) in [6.07, 6.45) is 0. The Morgan fingerprint density at radius 1 is 1.40 bits per heavy atom. The first kappa shape index (κ1) is 9.45. The molecule has 1 aromatic carbocycles. The van der Waals surface area contributed by atoms with E-state index in [2.05, 4.69) is 14.7 Å². The molecule has 2 aromatic rings. The average molecular weight is 209 g/mol. The average Bonchev–Trinajstić information content (AvgIpc) is 2.64. The van der Waals surface area contributed by atoms with E-state index in [4.69, 9.17) is 10.5 Å². The second-order valence-electron chi connectivity index (χ2n) is 2.84. The Morgan fingerprint density at radius 2 is 2.20 bits per heavy atom. The van der Waals surface area contributed by atoms with Crippen LogP contribution in [0.2, 0.25) is 0 Å². The molecule has 0 spiro atoms. The van der Waals surface area contributed by atoms with Crippen molar-refractivity contribution in [3.8, 4) is 17.1 Å². The van der Waals surface area contributed by atoms with Gasteiger partial charge < -0.3 is 15.0 Å². The Hall–Kier alpha value is -2.11. The number of nitrogen functional groups attached to an aromatic ring is 1. The van der Waals surface area contributed by atoms with Crippen LogP contribution in [-0.4, -0.2) is 17.3 Å². The van der Waals surface area contributed by atoms with Crippen molar-refractivity contribution >= 4 is 6.01 Å². The Bertz CT molecular complexity index is 484. The van der Waals surface area contributed by atoms with E-state index in [1.54, 1.807) is 6.07 Å². The van der Waals surface area contributed by atoms with E-state index in [1.807, 2.05) is 0 Å². The first-order chi connectivity index (χ1) is 7.19. The van der Waals surface area contributed by atoms with Crippen LogP contribution in [0.3, 0.4) is 0 Å². The van der Waals surface area contributed by atoms with Crippen molar-refractivity contribution in [1.82, 2.24) is 10.1 Å². The highest BCUT2D eigenvalue weighted by Crippen LogP contribution is 2.23. The quantitative estimate of drug-likeness (QED) is 0.810. The third kappa shape index (κ3) is 1.88. The van der Waals surface area contributed by atoms with Crippen LogP contribution in [0.5, 0.6) is 5.75 Å². The van der Waals surface area contributed by atoms with E-state index in [0.29, 0.717) is 11.3 Å². The summed E-state index contributed by atoms with van der Waals surface area (Å²) in [5.41, 5.74) is 5.71. The highest BCUT2D eigenvalue weighted by molar-refractivity contribution is 5.57. The zero-order valence-electron chi connectivity index (χ0n) is 7.90. The van der Waals surface area contributed by atoms with Crippen molar-refractivity contribution in [3.05, 3.63) is 24.0 Å². The second-order valence-corrected chi connectivity index (χ2v) is 2.84. The van der Waals surface area contributed by atoms with Gasteiger partial charge in [0, 0.05) is 11.6 Å². The van der Waals surface area contributed by atoms with E-state index >= 15 is 0 Å². The van der Waals surface area contributed by atoms with Crippen molar-refractivity contribution in [1.29, 1.82) is 0 Å². The Labute approximate surface area is 84.7 Å². The molecule has 2 rings (SSSR count). The Morgan fingerprint density at radius 3 is 2.80 bits per heavy atom. The van der Waals surface area contributed by atoms with Gasteiger partial charge in [0.25, 0.3) is 0 Å². The number of nitrogens with two attached hydrogens (primary N) is 1. The maximum atomic E-state index is 13.1. The van der Waals surface area contributed by atoms with Gasteiger partial charge in [-0.2, -0.15) is 4.98 Å². The lowest BCUT2D eigenvalue weighted by atomic mass is 10.2. The number of ether oxygens (including phenoxy) is 1. The van der Waals surface area contributed by atoms with E-state index in [-0.39, 0.29) is 11.8 Å². The van der Waals surface area contributed by atoms with Gasteiger partial charge in [0.2, 0.25) is 5.82 Å². The fourth-order valence-corrected chi connectivity index (χ4v) is 1.16. The molecule has 0 fully saturated rings. The zero-order valence-corrected chi connectivity index (χ0v) is 7.90. The van der Waals surface area contributed by atoms with Crippen LogP contribution >= 0.6 is 0 Å². The molecule has 6 heteroatoms. The summed E-state index contributed by atoms with van der Waals surface area (Å²) < 4.78 is 22.6. The van der Waals surface area contributed by atoms with Crippen LogP contribution in [0.15, 0.2) is 22.7 Å². The molecule has 0 amide bonds. The number of hydrogen-bond donors (Lipinski definition) is 1. The largest absolute Gasteiger partial charge is 0.497 e. The molecule has 78 valence electrons. The number of nitrogens with zero attached hydrogens (tertiary/aromatic N) is 2. The minimum Gasteiger partial charge on any atom is -0.497 e. The summed E-state index contributed by atoms with van der Waals surface area (Å²) in [5, 5.41) is 3.57. The number of halogens is 1. The van der Waals surface area contributed by atoms with Crippen LogP contribution in [0, 0.1) is 5.82 Å². The van der Waals surface area contributed by atoms with Gasteiger partial charge in [0.05, 0.1) is 7.11 Å². The molecule has 0 aliphatic rings. The van der Waals surface area contributed by atoms with Crippen LogP contribution < -0.4 is 10.5 Å². The van der Waals surface area contributed by atoms with Crippen molar-refractivity contribution < 1.29 is 13.7 Å². The summed E-state index contributed by atoms with van der Waals surface area (Å²) in [6.45, 7) is 0. The maximum Gasteiger partial charge on any atom is 0.319 e. The molecule has 15 heavy (non-hydrogen) atoms. The van der Waals surface area contributed by atoms with Crippen LogP contribution in [0.4, 0.5) is 10.4 Å². The lowest BCUT2D eigenvalue weighted by molar-refractivity contribution is 0.411. The second kappa shape index (κ2) is 3.56. The van der Waals surface area contributed by atoms with Gasteiger partial charge in [0.15, 0.2) is 0 Å². The number of benzene rings is 1. The summed E-state index contributed by atoms with van der Waals surface area (Å²) in [4.78, 5) is 3.78. The fraction of sp³-hybridized carbons (Fsp3) is 0.111. The van der Waals surface area contributed by atoms with Gasteiger partial charge in [-0.3, -0.25) is 0 Å². The summed E-state index contributed by atoms with van der Waals surface area (Å²) in [5.74, 6) is 0.173. The molecule has 0 aliphatic heterocycles. The van der Waals surface area contributed by atoms with Gasteiger partial charge in [-0.05, 0) is 12.1 Å². The SMILES string of the molecule is COc1cc(F)cc(-c2noc(N)n2)c1. The smallest absolute Gasteiger partial charge is 0.319 e. The van der Waals surface area contributed by atoms with E-state index in [0.717, 1.165) is 0 Å². The Kier molecular flexibility index (Phi) is 2.24. The summed E-state index contributed by atoms with van der Waals surface area (Å²) in [7, 11) is 1.45. The third-order valence-corrected chi connectivity index (χ3v) is 1.81. The van der Waals surface area contributed by atoms with Crippen LogP contribution in [-0.2, 0) is 0 Å². The minimum atomic E-state index is -0.437. The Balaban J connectivity index is 2.48. The third-order valence-electron chi connectivity index (χ3n) is 1.81. The molecule has 0 aliphatic carbocycles. The predicted octanol–water partition coefficient (Wildman–Crippen LogP) is 1.47. The molecular weight excluding hydrogens is 201 g/mol. The highest BCUT2D eigenvalue weighted by atomic mass is 19.1. The predicted molar refractivity (Wildman–Crippen MR) is 50.7 cm³/mol. The topological polar surface area (TPSA) is 74.2 Å². The molecular formula is C9H8FN3O2. The fourth-order valence-electron chi connectivity index (χ4n) is 1.16. The molecule has 1 aromatic heterocycles. The van der Waals surface area contributed by atoms with E-state index in [9.17, 15) is 4.39 Å². The molecule has 0 unspecified atom stereocenters. The lowest BCUT2D eigenvalue weighted by Gasteiger charge is -2.01. The zero-order chi connectivity index (χ0) is 10.8. The normalized spacial score (nSPS) is 10.3. The van der Waals surface area contributed by atoms with Gasteiger partial charge >= 0.3 is 6.01 Å². The molecule has 0 radical (unpaired) electrons. The van der Waals surface area contributed by atoms with Crippen LogP contribution in [0.1, 0.15) is 0 Å². The number of rotatable bonds is 2. The molecule has 5 nitrogen and oxygen atoms in total. The van der Waals surface area contributed by atoms with Gasteiger partial charge in [-0.1, -0.05) is 5.16 Å². The molecule has 1 heterocycles. The van der Waals surface area contributed by atoms with Crippen LogP contribution in [0.25, 0.3) is 11.4 Å². The number of aromatic nitrogens is 2. The monoisotopic (exact) mass is 209 g/mol. The lowest BCUT2D eigenvalue weighted by Crippen LogP contribution is -1.88. The van der Waals surface area contributed by atoms with Gasteiger partial charge in [-0.25, -0.2) is 4.39 Å². The van der Waals surface area contributed by atoms with Crippen molar-refractivity contribution in [3.63, 3.8) is 0 Å². The van der Waals surface area contributed by atoms with E-state index < -0.39 is 5.82 Å². The molecule has 0 bridgehead atoms. The first-order valence-corrected chi connectivity index (χ1v) is 4.13. The first-order valence-electron chi connectivity index (χ1n) is 4.13. The molecule has 0 saturated heterocycles. The summed E-state index contributed by atoms with van der Waals surface area (Å²) in [6, 6.07) is 4.06. The van der Waals surface area contributed by atoms with Crippen molar-refractivity contribution in [2.45, 2.75) is 0 Å². The van der Waals surface area contributed by atoms with Gasteiger partial charge in [-0.15, -0.1) is 0 Å². The van der Waals surface area contributed by atoms with E-state index in [1.165, 1.54) is 19.2 Å². The number of anilines is 1. The number of methoxy groups -OCH3 is 1. The maximum absolute atomic E-state index is 13.1. The molecule has 2 N–H and O–H groups in total. The molecule has 0 saturated carbocycles. The standard InChI is InChI=1S/C9H8FN3O2/c1-14-7-3-5(2-6(10)4-7)8-12-9(11)15-13-8/h2-4H,1H3,(H2,11,12,13). The minimum absolute atomic E-state index is 0.0618. The van der Waals surface area contributed by atoms with Gasteiger partial charge in [0.1, 0.15) is 11.6 Å². The molecule has 0 atom stereocenters. The highest BCUT2D eigenvalue weighted by Gasteiger charge is 2.09. The number of hydrogen-bond acceptors (Lipinski definition) is 5.